The second-order valence-corrected chi connectivity index (χ2v) is 7.78. The largest absolute Gasteiger partial charge is 0.289 e. The number of halogens is 1. The fourth-order valence-electron chi connectivity index (χ4n) is 1.99. The summed E-state index contributed by atoms with van der Waals surface area (Å²) in [7, 11) is -3.78. The van der Waals surface area contributed by atoms with Gasteiger partial charge in [-0.25, -0.2) is 13.1 Å². The third-order valence-corrected chi connectivity index (χ3v) is 5.46. The first-order chi connectivity index (χ1) is 9.04. The van der Waals surface area contributed by atoms with Crippen LogP contribution in [-0.2, 0) is 10.0 Å². The standard InChI is InChI=1S/C12H15ClN2O4S/c1-7-4-8(13)9(15(16)17)5-10(7)20(18,19)14-11-6-12(11,2)3/h4-5,11,14H,6H2,1-3H3. The fourth-order valence-corrected chi connectivity index (χ4v) is 3.93. The van der Waals surface area contributed by atoms with Crippen LogP contribution in [-0.4, -0.2) is 19.4 Å². The second-order valence-electron chi connectivity index (χ2n) is 5.69. The molecular formula is C12H15ClN2O4S. The molecule has 0 aliphatic heterocycles. The van der Waals surface area contributed by atoms with Gasteiger partial charge in [0.05, 0.1) is 9.82 Å². The third-order valence-electron chi connectivity index (χ3n) is 3.54. The van der Waals surface area contributed by atoms with Crippen molar-refractivity contribution in [1.82, 2.24) is 4.72 Å². The van der Waals surface area contributed by atoms with Crippen molar-refractivity contribution in [3.63, 3.8) is 0 Å². The fraction of sp³-hybridized carbons (Fsp3) is 0.500. The van der Waals surface area contributed by atoms with E-state index in [4.69, 9.17) is 11.6 Å². The van der Waals surface area contributed by atoms with Gasteiger partial charge in [-0.15, -0.1) is 0 Å². The predicted molar refractivity (Wildman–Crippen MR) is 75.4 cm³/mol. The topological polar surface area (TPSA) is 89.3 Å². The Hall–Kier alpha value is -1.18. The summed E-state index contributed by atoms with van der Waals surface area (Å²) in [5, 5.41) is 10.8. The molecule has 1 atom stereocenters. The Kier molecular flexibility index (Phi) is 3.56. The molecule has 1 aliphatic carbocycles. The summed E-state index contributed by atoms with van der Waals surface area (Å²) in [4.78, 5) is 10.1. The highest BCUT2D eigenvalue weighted by Gasteiger charge is 2.48. The van der Waals surface area contributed by atoms with Crippen LogP contribution in [0.15, 0.2) is 17.0 Å². The minimum absolute atomic E-state index is 0.0701. The molecule has 1 saturated carbocycles. The molecule has 1 N–H and O–H groups in total. The molecule has 0 amide bonds. The van der Waals surface area contributed by atoms with Gasteiger partial charge in [-0.2, -0.15) is 0 Å². The molecule has 20 heavy (non-hydrogen) atoms. The maximum atomic E-state index is 12.3. The molecule has 1 aromatic carbocycles. The van der Waals surface area contributed by atoms with Crippen molar-refractivity contribution < 1.29 is 13.3 Å². The molecule has 0 heterocycles. The van der Waals surface area contributed by atoms with E-state index < -0.39 is 20.6 Å². The van der Waals surface area contributed by atoms with Crippen LogP contribution in [0.4, 0.5) is 5.69 Å². The van der Waals surface area contributed by atoms with E-state index >= 15 is 0 Å². The summed E-state index contributed by atoms with van der Waals surface area (Å²) in [6.07, 6.45) is 0.751. The first-order valence-electron chi connectivity index (χ1n) is 6.01. The van der Waals surface area contributed by atoms with E-state index in [0.717, 1.165) is 12.5 Å². The molecule has 1 aliphatic rings. The summed E-state index contributed by atoms with van der Waals surface area (Å²) in [6, 6.07) is 2.17. The van der Waals surface area contributed by atoms with Crippen molar-refractivity contribution in [2.24, 2.45) is 5.41 Å². The van der Waals surface area contributed by atoms with Crippen LogP contribution in [0.2, 0.25) is 5.02 Å². The molecule has 0 saturated heterocycles. The van der Waals surface area contributed by atoms with Gasteiger partial charge in [0.1, 0.15) is 5.02 Å². The van der Waals surface area contributed by atoms with Gasteiger partial charge in [0.15, 0.2) is 0 Å². The van der Waals surface area contributed by atoms with Gasteiger partial charge in [-0.3, -0.25) is 10.1 Å². The van der Waals surface area contributed by atoms with Crippen LogP contribution in [0.25, 0.3) is 0 Å². The number of rotatable bonds is 4. The van der Waals surface area contributed by atoms with Gasteiger partial charge in [0.25, 0.3) is 5.69 Å². The molecule has 0 aromatic heterocycles. The first kappa shape index (κ1) is 15.2. The van der Waals surface area contributed by atoms with E-state index in [0.29, 0.717) is 5.56 Å². The Bertz CT molecular complexity index is 685. The molecular weight excluding hydrogens is 304 g/mol. The Morgan fingerprint density at radius 1 is 1.45 bits per heavy atom. The number of sulfonamides is 1. The number of nitrogens with zero attached hydrogens (tertiary/aromatic N) is 1. The van der Waals surface area contributed by atoms with Gasteiger partial charge in [-0.1, -0.05) is 25.4 Å². The lowest BCUT2D eigenvalue weighted by Crippen LogP contribution is -2.29. The number of benzene rings is 1. The van der Waals surface area contributed by atoms with Crippen molar-refractivity contribution >= 4 is 27.3 Å². The van der Waals surface area contributed by atoms with Crippen LogP contribution in [0.5, 0.6) is 0 Å². The molecule has 1 fully saturated rings. The maximum Gasteiger partial charge on any atom is 0.289 e. The van der Waals surface area contributed by atoms with Crippen molar-refractivity contribution in [1.29, 1.82) is 0 Å². The van der Waals surface area contributed by atoms with E-state index in [9.17, 15) is 18.5 Å². The summed E-state index contributed by atoms with van der Waals surface area (Å²) in [5.74, 6) is 0. The third kappa shape index (κ3) is 2.79. The maximum absolute atomic E-state index is 12.3. The van der Waals surface area contributed by atoms with E-state index in [2.05, 4.69) is 4.72 Å². The van der Waals surface area contributed by atoms with Crippen LogP contribution >= 0.6 is 11.6 Å². The molecule has 0 radical (unpaired) electrons. The van der Waals surface area contributed by atoms with Gasteiger partial charge in [0, 0.05) is 12.1 Å². The highest BCUT2D eigenvalue weighted by Crippen LogP contribution is 2.45. The van der Waals surface area contributed by atoms with Crippen LogP contribution in [0.1, 0.15) is 25.8 Å². The van der Waals surface area contributed by atoms with Crippen LogP contribution in [0, 0.1) is 22.5 Å². The minimum atomic E-state index is -3.78. The molecule has 8 heteroatoms. The van der Waals surface area contributed by atoms with E-state index in [1.54, 1.807) is 6.92 Å². The SMILES string of the molecule is Cc1cc(Cl)c([N+](=O)[O-])cc1S(=O)(=O)NC1CC1(C)C. The van der Waals surface area contributed by atoms with Crippen LogP contribution < -0.4 is 4.72 Å². The average Bonchev–Trinajstić information content (AvgIpc) is 2.83. The summed E-state index contributed by atoms with van der Waals surface area (Å²) in [6.45, 7) is 5.47. The van der Waals surface area contributed by atoms with Crippen molar-refractivity contribution in [2.45, 2.75) is 38.1 Å². The van der Waals surface area contributed by atoms with Gasteiger partial charge >= 0.3 is 0 Å². The lowest BCUT2D eigenvalue weighted by atomic mass is 10.2. The molecule has 110 valence electrons. The Balaban J connectivity index is 2.41. The van der Waals surface area contributed by atoms with Crippen molar-refractivity contribution in [2.75, 3.05) is 0 Å². The minimum Gasteiger partial charge on any atom is -0.258 e. The zero-order valence-corrected chi connectivity index (χ0v) is 12.9. The van der Waals surface area contributed by atoms with Gasteiger partial charge in [-0.05, 0) is 30.4 Å². The number of nitrogens with one attached hydrogen (secondary N) is 1. The zero-order valence-electron chi connectivity index (χ0n) is 11.3. The van der Waals surface area contributed by atoms with Crippen molar-refractivity contribution in [3.05, 3.63) is 32.8 Å². The monoisotopic (exact) mass is 318 g/mol. The highest BCUT2D eigenvalue weighted by atomic mass is 35.5. The Labute approximate surface area is 122 Å². The molecule has 6 nitrogen and oxygen atoms in total. The Morgan fingerprint density at radius 2 is 2.00 bits per heavy atom. The molecule has 2 rings (SSSR count). The normalized spacial score (nSPS) is 20.7. The van der Waals surface area contributed by atoms with Crippen LogP contribution in [0.3, 0.4) is 0 Å². The number of aryl methyl sites for hydroxylation is 1. The van der Waals surface area contributed by atoms with E-state index in [1.807, 2.05) is 13.8 Å². The number of nitro benzene ring substituents is 1. The summed E-state index contributed by atoms with van der Waals surface area (Å²) >= 11 is 5.75. The first-order valence-corrected chi connectivity index (χ1v) is 7.87. The Morgan fingerprint density at radius 3 is 2.45 bits per heavy atom. The summed E-state index contributed by atoms with van der Waals surface area (Å²) < 4.78 is 27.2. The molecule has 1 unspecified atom stereocenters. The molecule has 1 aromatic rings. The second kappa shape index (κ2) is 4.68. The van der Waals surface area contributed by atoms with Gasteiger partial charge < -0.3 is 0 Å². The lowest BCUT2D eigenvalue weighted by Gasteiger charge is -2.11. The quantitative estimate of drug-likeness (QED) is 0.682. The average molecular weight is 319 g/mol. The van der Waals surface area contributed by atoms with Gasteiger partial charge in [0.2, 0.25) is 10.0 Å². The van der Waals surface area contributed by atoms with E-state index in [-0.39, 0.29) is 21.4 Å². The predicted octanol–water partition coefficient (Wildman–Crippen LogP) is 2.63. The number of hydrogen-bond acceptors (Lipinski definition) is 4. The van der Waals surface area contributed by atoms with E-state index in [1.165, 1.54) is 6.07 Å². The smallest absolute Gasteiger partial charge is 0.258 e. The lowest BCUT2D eigenvalue weighted by molar-refractivity contribution is -0.384. The zero-order chi connectivity index (χ0) is 15.3. The molecule has 0 bridgehead atoms. The molecule has 0 spiro atoms. The van der Waals surface area contributed by atoms with Crippen molar-refractivity contribution in [3.8, 4) is 0 Å². The highest BCUT2D eigenvalue weighted by molar-refractivity contribution is 7.89. The number of nitro groups is 1. The summed E-state index contributed by atoms with van der Waals surface area (Å²) in [5.41, 5.74) is -0.0986. The number of hydrogen-bond donors (Lipinski definition) is 1.